The third kappa shape index (κ3) is 4.66. The smallest absolute Gasteiger partial charge is 0.162 e. The van der Waals surface area contributed by atoms with Crippen LogP contribution in [0.2, 0.25) is 0 Å². The van der Waals surface area contributed by atoms with Crippen LogP contribution in [0, 0.1) is 0 Å². The zero-order valence-corrected chi connectivity index (χ0v) is 16.6. The highest BCUT2D eigenvalue weighted by atomic mass is 15.2. The molecule has 3 aromatic rings. The topological polar surface area (TPSA) is 44.3 Å². The van der Waals surface area contributed by atoms with Gasteiger partial charge in [0.2, 0.25) is 0 Å². The highest BCUT2D eigenvalue weighted by molar-refractivity contribution is 5.90. The molecule has 0 spiro atoms. The monoisotopic (exact) mass is 375 g/mol. The maximum Gasteiger partial charge on any atom is 0.162 e. The third-order valence-electron chi connectivity index (χ3n) is 5.42. The van der Waals surface area contributed by atoms with Crippen LogP contribution in [0.25, 0.3) is 22.3 Å². The van der Waals surface area contributed by atoms with Gasteiger partial charge in [-0.1, -0.05) is 42.5 Å². The minimum absolute atomic E-state index is 0.777. The van der Waals surface area contributed by atoms with Gasteiger partial charge in [0, 0.05) is 43.7 Å². The molecule has 1 aromatic heterocycles. The molecule has 4 rings (SSSR count). The number of piperazine rings is 1. The van der Waals surface area contributed by atoms with Crippen LogP contribution in [-0.4, -0.2) is 66.1 Å². The fourth-order valence-corrected chi connectivity index (χ4v) is 3.67. The molecule has 1 fully saturated rings. The Kier molecular flexibility index (Phi) is 6.14. The van der Waals surface area contributed by atoms with Crippen LogP contribution in [0.3, 0.4) is 0 Å². The summed E-state index contributed by atoms with van der Waals surface area (Å²) in [6, 6.07) is 18.4. The molecule has 0 aliphatic carbocycles. The van der Waals surface area contributed by atoms with Crippen LogP contribution in [0.15, 0.2) is 54.6 Å². The quantitative estimate of drug-likeness (QED) is 0.638. The number of nitrogens with zero attached hydrogens (tertiary/aromatic N) is 4. The van der Waals surface area contributed by atoms with E-state index in [4.69, 9.17) is 9.97 Å². The summed E-state index contributed by atoms with van der Waals surface area (Å²) in [7, 11) is 2.21. The number of unbranched alkanes of at least 4 members (excludes halogenated alkanes) is 1. The summed E-state index contributed by atoms with van der Waals surface area (Å²) < 4.78 is 0. The fourth-order valence-electron chi connectivity index (χ4n) is 3.67. The number of hydrogen-bond donors (Lipinski definition) is 1. The first-order chi connectivity index (χ1) is 13.8. The lowest BCUT2D eigenvalue weighted by atomic mass is 10.2. The second-order valence-corrected chi connectivity index (χ2v) is 7.56. The van der Waals surface area contributed by atoms with E-state index in [9.17, 15) is 0 Å². The molecule has 5 nitrogen and oxygen atoms in total. The Bertz CT molecular complexity index is 888. The van der Waals surface area contributed by atoms with E-state index in [0.29, 0.717) is 0 Å². The summed E-state index contributed by atoms with van der Waals surface area (Å²) >= 11 is 0. The minimum atomic E-state index is 0.777. The zero-order chi connectivity index (χ0) is 19.2. The summed E-state index contributed by atoms with van der Waals surface area (Å²) in [5.74, 6) is 1.71. The Hall–Kier alpha value is -2.50. The lowest BCUT2D eigenvalue weighted by molar-refractivity contribution is 0.152. The van der Waals surface area contributed by atoms with Crippen molar-refractivity contribution in [3.05, 3.63) is 54.6 Å². The van der Waals surface area contributed by atoms with E-state index >= 15 is 0 Å². The molecule has 1 aliphatic heterocycles. The highest BCUT2D eigenvalue weighted by Gasteiger charge is 2.13. The van der Waals surface area contributed by atoms with Crippen LogP contribution in [-0.2, 0) is 0 Å². The number of fused-ring (bicyclic) bond motifs is 1. The number of nitrogens with one attached hydrogen (secondary N) is 1. The molecular formula is C23H29N5. The predicted octanol–water partition coefficient (Wildman–Crippen LogP) is 3.74. The average Bonchev–Trinajstić information content (AvgIpc) is 2.75. The summed E-state index contributed by atoms with van der Waals surface area (Å²) in [5.41, 5.74) is 2.03. The number of aromatic nitrogens is 2. The van der Waals surface area contributed by atoms with Gasteiger partial charge in [-0.2, -0.15) is 0 Å². The molecule has 0 radical (unpaired) electrons. The molecule has 0 atom stereocenters. The summed E-state index contributed by atoms with van der Waals surface area (Å²) in [4.78, 5) is 14.6. The van der Waals surface area contributed by atoms with E-state index < -0.39 is 0 Å². The molecule has 5 heteroatoms. The number of benzene rings is 2. The lowest BCUT2D eigenvalue weighted by Gasteiger charge is -2.32. The van der Waals surface area contributed by atoms with E-state index in [2.05, 4.69) is 46.4 Å². The van der Waals surface area contributed by atoms with Gasteiger partial charge in [0.15, 0.2) is 5.82 Å². The van der Waals surface area contributed by atoms with Crippen LogP contribution in [0.5, 0.6) is 0 Å². The molecule has 0 bridgehead atoms. The van der Waals surface area contributed by atoms with E-state index in [-0.39, 0.29) is 0 Å². The number of rotatable bonds is 7. The van der Waals surface area contributed by atoms with Gasteiger partial charge in [0.05, 0.1) is 5.52 Å². The first kappa shape index (κ1) is 18.8. The van der Waals surface area contributed by atoms with Crippen LogP contribution < -0.4 is 5.32 Å². The van der Waals surface area contributed by atoms with Crippen molar-refractivity contribution >= 4 is 16.7 Å². The summed E-state index contributed by atoms with van der Waals surface area (Å²) in [6.45, 7) is 6.89. The Labute approximate surface area is 167 Å². The van der Waals surface area contributed by atoms with Crippen molar-refractivity contribution in [2.24, 2.45) is 0 Å². The molecule has 1 aliphatic rings. The average molecular weight is 376 g/mol. The standard InChI is InChI=1S/C23H29N5/c1-27-15-17-28(18-16-27)14-8-7-13-24-23-20-11-5-6-12-21(20)25-22(26-23)19-9-3-2-4-10-19/h2-6,9-12H,7-8,13-18H2,1H3,(H,24,25,26). The van der Waals surface area contributed by atoms with Gasteiger partial charge in [-0.15, -0.1) is 0 Å². The van der Waals surface area contributed by atoms with Crippen molar-refractivity contribution in [2.45, 2.75) is 12.8 Å². The number of anilines is 1. The largest absolute Gasteiger partial charge is 0.369 e. The van der Waals surface area contributed by atoms with Crippen LogP contribution >= 0.6 is 0 Å². The SMILES string of the molecule is CN1CCN(CCCCNc2nc(-c3ccccc3)nc3ccccc23)CC1. The van der Waals surface area contributed by atoms with Crippen molar-refractivity contribution < 1.29 is 0 Å². The van der Waals surface area contributed by atoms with Crippen molar-refractivity contribution in [3.8, 4) is 11.4 Å². The fraction of sp³-hybridized carbons (Fsp3) is 0.391. The Balaban J connectivity index is 1.39. The molecule has 1 saturated heterocycles. The molecule has 0 amide bonds. The van der Waals surface area contributed by atoms with Gasteiger partial charge in [-0.25, -0.2) is 9.97 Å². The van der Waals surface area contributed by atoms with Gasteiger partial charge >= 0.3 is 0 Å². The molecule has 0 unspecified atom stereocenters. The van der Waals surface area contributed by atoms with Crippen molar-refractivity contribution in [2.75, 3.05) is 51.6 Å². The summed E-state index contributed by atoms with van der Waals surface area (Å²) in [5, 5.41) is 4.65. The normalized spacial score (nSPS) is 15.8. The highest BCUT2D eigenvalue weighted by Crippen LogP contribution is 2.24. The van der Waals surface area contributed by atoms with Crippen molar-refractivity contribution in [1.29, 1.82) is 0 Å². The molecule has 28 heavy (non-hydrogen) atoms. The maximum atomic E-state index is 4.83. The predicted molar refractivity (Wildman–Crippen MR) is 117 cm³/mol. The Morgan fingerprint density at radius 1 is 0.857 bits per heavy atom. The Morgan fingerprint density at radius 2 is 1.61 bits per heavy atom. The first-order valence-electron chi connectivity index (χ1n) is 10.3. The molecule has 1 N–H and O–H groups in total. The molecule has 2 heterocycles. The van der Waals surface area contributed by atoms with Crippen molar-refractivity contribution in [1.82, 2.24) is 19.8 Å². The molecular weight excluding hydrogens is 346 g/mol. The molecule has 146 valence electrons. The maximum absolute atomic E-state index is 4.83. The van der Waals surface area contributed by atoms with E-state index in [0.717, 1.165) is 41.1 Å². The molecule has 0 saturated carbocycles. The minimum Gasteiger partial charge on any atom is -0.369 e. The number of para-hydroxylation sites is 1. The lowest BCUT2D eigenvalue weighted by Crippen LogP contribution is -2.44. The first-order valence-corrected chi connectivity index (χ1v) is 10.3. The van der Waals surface area contributed by atoms with E-state index in [1.54, 1.807) is 0 Å². The van der Waals surface area contributed by atoms with Gasteiger partial charge in [-0.05, 0) is 38.6 Å². The Morgan fingerprint density at radius 3 is 2.43 bits per heavy atom. The van der Waals surface area contributed by atoms with Gasteiger partial charge < -0.3 is 15.1 Å². The number of hydrogen-bond acceptors (Lipinski definition) is 5. The van der Waals surface area contributed by atoms with Crippen LogP contribution in [0.4, 0.5) is 5.82 Å². The van der Waals surface area contributed by atoms with Gasteiger partial charge in [-0.3, -0.25) is 0 Å². The van der Waals surface area contributed by atoms with E-state index in [1.165, 1.54) is 39.1 Å². The molecule has 2 aromatic carbocycles. The zero-order valence-electron chi connectivity index (χ0n) is 16.6. The van der Waals surface area contributed by atoms with Crippen molar-refractivity contribution in [3.63, 3.8) is 0 Å². The van der Waals surface area contributed by atoms with Gasteiger partial charge in [0.1, 0.15) is 5.82 Å². The van der Waals surface area contributed by atoms with Crippen LogP contribution in [0.1, 0.15) is 12.8 Å². The third-order valence-corrected chi connectivity index (χ3v) is 5.42. The van der Waals surface area contributed by atoms with Gasteiger partial charge in [0.25, 0.3) is 0 Å². The van der Waals surface area contributed by atoms with E-state index in [1.807, 2.05) is 30.3 Å². The number of likely N-dealkylation sites (N-methyl/N-ethyl adjacent to an activating group) is 1. The summed E-state index contributed by atoms with van der Waals surface area (Å²) in [6.07, 6.45) is 2.36. The second-order valence-electron chi connectivity index (χ2n) is 7.56. The second kappa shape index (κ2) is 9.13.